The molecule has 2 N–H and O–H groups in total. The Labute approximate surface area is 120 Å². The van der Waals surface area contributed by atoms with E-state index < -0.39 is 0 Å². The van der Waals surface area contributed by atoms with Gasteiger partial charge in [-0.2, -0.15) is 0 Å². The molecule has 110 valence electrons. The van der Waals surface area contributed by atoms with Gasteiger partial charge in [0, 0.05) is 13.0 Å². The molecule has 1 heterocycles. The molecular weight excluding hydrogens is 254 g/mol. The van der Waals surface area contributed by atoms with E-state index >= 15 is 0 Å². The van der Waals surface area contributed by atoms with Crippen molar-refractivity contribution in [3.05, 3.63) is 23.8 Å². The number of amides is 1. The maximum atomic E-state index is 12.0. The fourth-order valence-corrected chi connectivity index (χ4v) is 2.27. The van der Waals surface area contributed by atoms with Gasteiger partial charge in [-0.3, -0.25) is 4.79 Å². The first-order valence-corrected chi connectivity index (χ1v) is 6.90. The molecule has 1 aromatic rings. The van der Waals surface area contributed by atoms with E-state index in [1.165, 1.54) is 0 Å². The maximum Gasteiger partial charge on any atom is 0.224 e. The van der Waals surface area contributed by atoms with Crippen LogP contribution in [0.15, 0.2) is 18.2 Å². The molecule has 0 radical (unpaired) electrons. The second-order valence-corrected chi connectivity index (χ2v) is 5.55. The number of rotatable bonds is 6. The molecule has 0 aliphatic carbocycles. The summed E-state index contributed by atoms with van der Waals surface area (Å²) in [5, 5.41) is 6.14. The lowest BCUT2D eigenvalue weighted by molar-refractivity contribution is -0.117. The first-order valence-electron chi connectivity index (χ1n) is 6.90. The minimum absolute atomic E-state index is 0.0526. The molecule has 1 aliphatic heterocycles. The lowest BCUT2D eigenvalue weighted by Crippen LogP contribution is -2.43. The van der Waals surface area contributed by atoms with Crippen molar-refractivity contribution >= 4 is 11.6 Å². The summed E-state index contributed by atoms with van der Waals surface area (Å²) < 4.78 is 5.31. The van der Waals surface area contributed by atoms with Gasteiger partial charge in [-0.1, -0.05) is 6.07 Å². The van der Waals surface area contributed by atoms with Gasteiger partial charge in [0.25, 0.3) is 0 Å². The van der Waals surface area contributed by atoms with E-state index in [1.54, 1.807) is 7.11 Å². The average molecular weight is 277 g/mol. The highest BCUT2D eigenvalue weighted by molar-refractivity contribution is 5.92. The summed E-state index contributed by atoms with van der Waals surface area (Å²) >= 11 is 0. The molecule has 0 atom stereocenters. The standard InChI is InChI=1S/C15H23N3O2/c1-18(2)10-11-4-5-14(20-3)13(6-11)17-15(19)7-12-8-16-9-12/h4-6,12,16H,7-10H2,1-3H3,(H,17,19). The van der Waals surface area contributed by atoms with Crippen LogP contribution in [-0.4, -0.2) is 45.1 Å². The van der Waals surface area contributed by atoms with E-state index in [0.29, 0.717) is 18.1 Å². The molecule has 1 aliphatic rings. The number of carbonyl (C=O) groups is 1. The van der Waals surface area contributed by atoms with Crippen molar-refractivity contribution in [3.63, 3.8) is 0 Å². The summed E-state index contributed by atoms with van der Waals surface area (Å²) in [6.45, 7) is 2.70. The monoisotopic (exact) mass is 277 g/mol. The Hall–Kier alpha value is -1.59. The van der Waals surface area contributed by atoms with Gasteiger partial charge in [-0.25, -0.2) is 0 Å². The zero-order valence-electron chi connectivity index (χ0n) is 12.4. The van der Waals surface area contributed by atoms with Crippen LogP contribution in [0.2, 0.25) is 0 Å². The SMILES string of the molecule is COc1ccc(CN(C)C)cc1NC(=O)CC1CNC1. The minimum Gasteiger partial charge on any atom is -0.495 e. The number of hydrogen-bond donors (Lipinski definition) is 2. The van der Waals surface area contributed by atoms with Gasteiger partial charge < -0.3 is 20.3 Å². The predicted octanol–water partition coefficient (Wildman–Crippen LogP) is 1.30. The Morgan fingerprint density at radius 2 is 2.20 bits per heavy atom. The van der Waals surface area contributed by atoms with Crippen molar-refractivity contribution in [1.82, 2.24) is 10.2 Å². The number of benzene rings is 1. The van der Waals surface area contributed by atoms with E-state index in [0.717, 1.165) is 30.9 Å². The molecule has 0 aromatic heterocycles. The number of anilines is 1. The number of carbonyl (C=O) groups excluding carboxylic acids is 1. The third kappa shape index (κ3) is 3.95. The lowest BCUT2D eigenvalue weighted by Gasteiger charge is -2.26. The highest BCUT2D eigenvalue weighted by atomic mass is 16.5. The molecule has 0 bridgehead atoms. The number of ether oxygens (including phenoxy) is 1. The topological polar surface area (TPSA) is 53.6 Å². The van der Waals surface area contributed by atoms with Gasteiger partial charge in [-0.05, 0) is 50.8 Å². The molecular formula is C15H23N3O2. The van der Waals surface area contributed by atoms with Crippen LogP contribution >= 0.6 is 0 Å². The maximum absolute atomic E-state index is 12.0. The highest BCUT2D eigenvalue weighted by Gasteiger charge is 2.20. The molecule has 1 amide bonds. The Kier molecular flexibility index (Phi) is 4.98. The zero-order valence-corrected chi connectivity index (χ0v) is 12.4. The second kappa shape index (κ2) is 6.72. The first kappa shape index (κ1) is 14.8. The summed E-state index contributed by atoms with van der Waals surface area (Å²) in [4.78, 5) is 14.1. The van der Waals surface area contributed by atoms with E-state index in [2.05, 4.69) is 15.5 Å². The van der Waals surface area contributed by atoms with Gasteiger partial charge in [0.05, 0.1) is 12.8 Å². The Bertz CT molecular complexity index is 470. The molecule has 1 saturated heterocycles. The quantitative estimate of drug-likeness (QED) is 0.823. The summed E-state index contributed by atoms with van der Waals surface area (Å²) in [6.07, 6.45) is 0.564. The number of methoxy groups -OCH3 is 1. The van der Waals surface area contributed by atoms with Crippen LogP contribution < -0.4 is 15.4 Å². The van der Waals surface area contributed by atoms with E-state index in [4.69, 9.17) is 4.74 Å². The third-order valence-corrected chi connectivity index (χ3v) is 3.38. The van der Waals surface area contributed by atoms with Crippen LogP contribution in [0.1, 0.15) is 12.0 Å². The largest absolute Gasteiger partial charge is 0.495 e. The zero-order chi connectivity index (χ0) is 14.5. The van der Waals surface area contributed by atoms with Crippen molar-refractivity contribution in [2.24, 2.45) is 5.92 Å². The lowest BCUT2D eigenvalue weighted by atomic mass is 9.99. The van der Waals surface area contributed by atoms with Gasteiger partial charge in [0.1, 0.15) is 5.75 Å². The van der Waals surface area contributed by atoms with Crippen LogP contribution in [0.4, 0.5) is 5.69 Å². The predicted molar refractivity (Wildman–Crippen MR) is 80.0 cm³/mol. The van der Waals surface area contributed by atoms with Gasteiger partial charge in [0.15, 0.2) is 0 Å². The van der Waals surface area contributed by atoms with Gasteiger partial charge >= 0.3 is 0 Å². The molecule has 1 fully saturated rings. The van der Waals surface area contributed by atoms with E-state index in [1.807, 2.05) is 32.3 Å². The smallest absolute Gasteiger partial charge is 0.224 e. The van der Waals surface area contributed by atoms with Gasteiger partial charge in [0.2, 0.25) is 5.91 Å². The first-order chi connectivity index (χ1) is 9.58. The third-order valence-electron chi connectivity index (χ3n) is 3.38. The Balaban J connectivity index is 2.04. The molecule has 5 heteroatoms. The van der Waals surface area contributed by atoms with Crippen LogP contribution in [-0.2, 0) is 11.3 Å². The van der Waals surface area contributed by atoms with E-state index in [9.17, 15) is 4.79 Å². The molecule has 2 rings (SSSR count). The van der Waals surface area contributed by atoms with Crippen LogP contribution in [0.5, 0.6) is 5.75 Å². The summed E-state index contributed by atoms with van der Waals surface area (Å²) in [5.41, 5.74) is 1.90. The number of nitrogens with one attached hydrogen (secondary N) is 2. The second-order valence-electron chi connectivity index (χ2n) is 5.55. The van der Waals surface area contributed by atoms with Crippen LogP contribution in [0.3, 0.4) is 0 Å². The molecule has 1 aromatic carbocycles. The fraction of sp³-hybridized carbons (Fsp3) is 0.533. The van der Waals surface area contributed by atoms with E-state index in [-0.39, 0.29) is 5.91 Å². The minimum atomic E-state index is 0.0526. The molecule has 0 spiro atoms. The Morgan fingerprint density at radius 3 is 2.75 bits per heavy atom. The van der Waals surface area contributed by atoms with Crippen molar-refractivity contribution < 1.29 is 9.53 Å². The van der Waals surface area contributed by atoms with Crippen molar-refractivity contribution in [2.45, 2.75) is 13.0 Å². The normalized spacial score (nSPS) is 15.0. The summed E-state index contributed by atoms with van der Waals surface area (Å²) in [7, 11) is 5.66. The number of nitrogens with zero attached hydrogens (tertiary/aromatic N) is 1. The van der Waals surface area contributed by atoms with Crippen molar-refractivity contribution in [1.29, 1.82) is 0 Å². The average Bonchev–Trinajstić information content (AvgIpc) is 2.33. The summed E-state index contributed by atoms with van der Waals surface area (Å²) in [5.74, 6) is 1.22. The highest BCUT2D eigenvalue weighted by Crippen LogP contribution is 2.26. The number of hydrogen-bond acceptors (Lipinski definition) is 4. The molecule has 0 saturated carbocycles. The molecule has 0 unspecified atom stereocenters. The summed E-state index contributed by atoms with van der Waals surface area (Å²) in [6, 6.07) is 5.90. The van der Waals surface area contributed by atoms with Crippen molar-refractivity contribution in [3.8, 4) is 5.75 Å². The van der Waals surface area contributed by atoms with Crippen molar-refractivity contribution in [2.75, 3.05) is 39.6 Å². The molecule has 5 nitrogen and oxygen atoms in total. The van der Waals surface area contributed by atoms with Crippen LogP contribution in [0, 0.1) is 5.92 Å². The van der Waals surface area contributed by atoms with Crippen LogP contribution in [0.25, 0.3) is 0 Å². The molecule has 20 heavy (non-hydrogen) atoms. The fourth-order valence-electron chi connectivity index (χ4n) is 2.27. The Morgan fingerprint density at radius 1 is 1.45 bits per heavy atom. The van der Waals surface area contributed by atoms with Gasteiger partial charge in [-0.15, -0.1) is 0 Å².